The summed E-state index contributed by atoms with van der Waals surface area (Å²) in [6, 6.07) is 17.2. The van der Waals surface area contributed by atoms with E-state index in [1.54, 1.807) is 13.0 Å². The number of fused-ring (bicyclic) bond motifs is 1. The zero-order valence-electron chi connectivity index (χ0n) is 15.7. The molecule has 2 aromatic heterocycles. The van der Waals surface area contributed by atoms with Gasteiger partial charge in [0.2, 0.25) is 5.91 Å². The molecule has 4 aromatic rings. The third kappa shape index (κ3) is 3.88. The van der Waals surface area contributed by atoms with Crippen LogP contribution in [-0.4, -0.2) is 20.6 Å². The molecule has 0 aliphatic rings. The van der Waals surface area contributed by atoms with E-state index in [4.69, 9.17) is 9.26 Å². The van der Waals surface area contributed by atoms with E-state index in [2.05, 4.69) is 15.5 Å². The molecule has 0 bridgehead atoms. The van der Waals surface area contributed by atoms with Gasteiger partial charge in [-0.15, -0.1) is 0 Å². The van der Waals surface area contributed by atoms with Crippen LogP contribution in [0, 0.1) is 13.8 Å². The first kappa shape index (κ1) is 17.8. The van der Waals surface area contributed by atoms with Crippen molar-refractivity contribution in [3.63, 3.8) is 0 Å². The minimum Gasteiger partial charge on any atom is -0.486 e. The fraction of sp³-hybridized carbons (Fsp3) is 0.190. The summed E-state index contributed by atoms with van der Waals surface area (Å²) in [7, 11) is 0. The van der Waals surface area contributed by atoms with Crippen LogP contribution in [0.4, 0.5) is 5.82 Å². The van der Waals surface area contributed by atoms with Crippen LogP contribution in [0.15, 0.2) is 59.1 Å². The molecule has 142 valence electrons. The van der Waals surface area contributed by atoms with Crippen LogP contribution in [0.1, 0.15) is 17.1 Å². The highest BCUT2D eigenvalue weighted by Gasteiger charge is 2.15. The van der Waals surface area contributed by atoms with E-state index in [-0.39, 0.29) is 19.1 Å². The molecule has 2 heterocycles. The van der Waals surface area contributed by atoms with Crippen molar-refractivity contribution < 1.29 is 14.1 Å². The Labute approximate surface area is 161 Å². The molecule has 0 aliphatic heterocycles. The number of hydrogen-bond donors (Lipinski definition) is 1. The number of aryl methyl sites for hydroxylation is 2. The first-order chi connectivity index (χ1) is 13.6. The van der Waals surface area contributed by atoms with E-state index < -0.39 is 0 Å². The van der Waals surface area contributed by atoms with E-state index in [1.807, 2.05) is 60.0 Å². The minimum atomic E-state index is -0.215. The Balaban J connectivity index is 1.55. The van der Waals surface area contributed by atoms with Crippen molar-refractivity contribution in [2.24, 2.45) is 0 Å². The summed E-state index contributed by atoms with van der Waals surface area (Å²) in [5.41, 5.74) is 2.85. The Kier molecular flexibility index (Phi) is 4.80. The van der Waals surface area contributed by atoms with Gasteiger partial charge in [-0.1, -0.05) is 35.0 Å². The number of nitrogens with zero attached hydrogens (tertiary/aromatic N) is 3. The molecule has 0 spiro atoms. The van der Waals surface area contributed by atoms with Crippen LogP contribution in [0.25, 0.3) is 11.0 Å². The maximum atomic E-state index is 12.5. The van der Waals surface area contributed by atoms with Crippen molar-refractivity contribution in [1.29, 1.82) is 0 Å². The summed E-state index contributed by atoms with van der Waals surface area (Å²) >= 11 is 0. The Hall–Kier alpha value is -3.61. The number of amides is 1. The zero-order chi connectivity index (χ0) is 19.5. The van der Waals surface area contributed by atoms with Gasteiger partial charge in [-0.3, -0.25) is 4.79 Å². The predicted octanol–water partition coefficient (Wildman–Crippen LogP) is 3.86. The average molecular weight is 376 g/mol. The fourth-order valence-corrected chi connectivity index (χ4v) is 2.95. The van der Waals surface area contributed by atoms with Crippen molar-refractivity contribution in [2.45, 2.75) is 27.0 Å². The second kappa shape index (κ2) is 7.56. The lowest BCUT2D eigenvalue weighted by Gasteiger charge is -2.10. The smallest absolute Gasteiger partial charge is 0.245 e. The number of aromatic nitrogens is 3. The van der Waals surface area contributed by atoms with E-state index in [0.717, 1.165) is 16.8 Å². The molecule has 4 rings (SSSR count). The number of nitrogens with one attached hydrogen (secondary N) is 1. The molecule has 7 nitrogen and oxygen atoms in total. The van der Waals surface area contributed by atoms with E-state index in [1.165, 1.54) is 5.56 Å². The molecule has 1 amide bonds. The Morgan fingerprint density at radius 1 is 1.14 bits per heavy atom. The number of anilines is 1. The van der Waals surface area contributed by atoms with Gasteiger partial charge in [0.05, 0.1) is 11.0 Å². The van der Waals surface area contributed by atoms with E-state index in [0.29, 0.717) is 17.4 Å². The number of hydrogen-bond acceptors (Lipinski definition) is 5. The number of para-hydroxylation sites is 2. The maximum Gasteiger partial charge on any atom is 0.245 e. The largest absolute Gasteiger partial charge is 0.486 e. The van der Waals surface area contributed by atoms with Crippen molar-refractivity contribution >= 4 is 22.8 Å². The maximum absolute atomic E-state index is 12.5. The SMILES string of the molecule is Cc1ccc(OCc2nc3ccccc3n2CC(=O)Nc2cc(C)on2)cc1. The van der Waals surface area contributed by atoms with Gasteiger partial charge < -0.3 is 19.1 Å². The number of benzene rings is 2. The molecule has 0 radical (unpaired) electrons. The normalized spacial score (nSPS) is 10.9. The zero-order valence-corrected chi connectivity index (χ0v) is 15.7. The van der Waals surface area contributed by atoms with Crippen LogP contribution in [0.2, 0.25) is 0 Å². The monoisotopic (exact) mass is 376 g/mol. The van der Waals surface area contributed by atoms with Gasteiger partial charge in [0.15, 0.2) is 5.82 Å². The van der Waals surface area contributed by atoms with Gasteiger partial charge in [0.1, 0.15) is 30.5 Å². The first-order valence-corrected chi connectivity index (χ1v) is 8.95. The molecule has 0 atom stereocenters. The summed E-state index contributed by atoms with van der Waals surface area (Å²) in [4.78, 5) is 17.1. The highest BCUT2D eigenvalue weighted by molar-refractivity contribution is 5.90. The Morgan fingerprint density at radius 3 is 2.68 bits per heavy atom. The van der Waals surface area contributed by atoms with Crippen LogP contribution >= 0.6 is 0 Å². The summed E-state index contributed by atoms with van der Waals surface area (Å²) in [6.45, 7) is 4.15. The lowest BCUT2D eigenvalue weighted by molar-refractivity contribution is -0.116. The number of rotatable bonds is 6. The van der Waals surface area contributed by atoms with Gasteiger partial charge >= 0.3 is 0 Å². The van der Waals surface area contributed by atoms with Crippen molar-refractivity contribution in [3.05, 3.63) is 71.7 Å². The molecule has 0 saturated carbocycles. The molecule has 28 heavy (non-hydrogen) atoms. The molecule has 7 heteroatoms. The third-order valence-corrected chi connectivity index (χ3v) is 4.32. The fourth-order valence-electron chi connectivity index (χ4n) is 2.95. The van der Waals surface area contributed by atoms with E-state index in [9.17, 15) is 4.79 Å². The number of imidazole rings is 1. The summed E-state index contributed by atoms with van der Waals surface area (Å²) in [5, 5.41) is 6.54. The number of ether oxygens (including phenoxy) is 1. The third-order valence-electron chi connectivity index (χ3n) is 4.32. The van der Waals surface area contributed by atoms with Gasteiger partial charge in [-0.2, -0.15) is 0 Å². The lowest BCUT2D eigenvalue weighted by atomic mass is 10.2. The summed E-state index contributed by atoms with van der Waals surface area (Å²) in [6.07, 6.45) is 0. The molecule has 0 fully saturated rings. The standard InChI is InChI=1S/C21H20N4O3/c1-14-7-9-16(10-8-14)27-13-20-22-17-5-3-4-6-18(17)25(20)12-21(26)23-19-11-15(2)28-24-19/h3-11H,12-13H2,1-2H3,(H,23,24,26). The molecule has 0 aliphatic carbocycles. The number of carbonyl (C=O) groups excluding carboxylic acids is 1. The number of carbonyl (C=O) groups is 1. The van der Waals surface area contributed by atoms with Gasteiger partial charge in [-0.05, 0) is 38.1 Å². The van der Waals surface area contributed by atoms with Gasteiger partial charge in [0.25, 0.3) is 0 Å². The van der Waals surface area contributed by atoms with Gasteiger partial charge in [0, 0.05) is 6.07 Å². The van der Waals surface area contributed by atoms with Crippen LogP contribution in [0.3, 0.4) is 0 Å². The lowest BCUT2D eigenvalue weighted by Crippen LogP contribution is -2.21. The first-order valence-electron chi connectivity index (χ1n) is 8.95. The van der Waals surface area contributed by atoms with E-state index >= 15 is 0 Å². The van der Waals surface area contributed by atoms with Crippen LogP contribution < -0.4 is 10.1 Å². The highest BCUT2D eigenvalue weighted by Crippen LogP contribution is 2.19. The molecule has 1 N–H and O–H groups in total. The second-order valence-electron chi connectivity index (χ2n) is 6.58. The molecule has 0 saturated heterocycles. The quantitative estimate of drug-likeness (QED) is 0.553. The molecular weight excluding hydrogens is 356 g/mol. The van der Waals surface area contributed by atoms with Gasteiger partial charge in [-0.25, -0.2) is 4.98 Å². The topological polar surface area (TPSA) is 82.2 Å². The van der Waals surface area contributed by atoms with Crippen LogP contribution in [0.5, 0.6) is 5.75 Å². The van der Waals surface area contributed by atoms with Crippen LogP contribution in [-0.2, 0) is 17.9 Å². The molecule has 0 unspecified atom stereocenters. The molecule has 2 aromatic carbocycles. The van der Waals surface area contributed by atoms with Crippen molar-refractivity contribution in [3.8, 4) is 5.75 Å². The average Bonchev–Trinajstić information content (AvgIpc) is 3.25. The second-order valence-corrected chi connectivity index (χ2v) is 6.58. The minimum absolute atomic E-state index is 0.0962. The Morgan fingerprint density at radius 2 is 1.93 bits per heavy atom. The predicted molar refractivity (Wildman–Crippen MR) is 105 cm³/mol. The van der Waals surface area contributed by atoms with Crippen molar-refractivity contribution in [1.82, 2.24) is 14.7 Å². The summed E-state index contributed by atoms with van der Waals surface area (Å²) in [5.74, 6) is 2.24. The van der Waals surface area contributed by atoms with Crippen molar-refractivity contribution in [2.75, 3.05) is 5.32 Å². The summed E-state index contributed by atoms with van der Waals surface area (Å²) < 4.78 is 12.7. The Bertz CT molecular complexity index is 1110. The highest BCUT2D eigenvalue weighted by atomic mass is 16.5. The molecular formula is C21H20N4O3.